The summed E-state index contributed by atoms with van der Waals surface area (Å²) < 4.78 is 0. The third-order valence-corrected chi connectivity index (χ3v) is 2.97. The molecule has 3 rings (SSSR count). The standard InChI is InChI=1S/C10H13N3/c1-2-4-9-7(3-1)8-5-11-6-10(8)13-12-9/h1-4,8,10-13H,5-6H2. The molecule has 0 amide bonds. The van der Waals surface area contributed by atoms with Crippen LogP contribution in [0.25, 0.3) is 0 Å². The van der Waals surface area contributed by atoms with Crippen molar-refractivity contribution in [2.45, 2.75) is 12.0 Å². The van der Waals surface area contributed by atoms with Crippen LogP contribution in [0.15, 0.2) is 24.3 Å². The third kappa shape index (κ3) is 1.04. The molecule has 1 aromatic rings. The number of para-hydroxylation sites is 1. The van der Waals surface area contributed by atoms with Gasteiger partial charge in [-0.05, 0) is 11.6 Å². The molecular weight excluding hydrogens is 162 g/mol. The first kappa shape index (κ1) is 7.35. The highest BCUT2D eigenvalue weighted by molar-refractivity contribution is 5.55. The summed E-state index contributed by atoms with van der Waals surface area (Å²) in [6.45, 7) is 2.16. The fraction of sp³-hybridized carbons (Fsp3) is 0.400. The van der Waals surface area contributed by atoms with Gasteiger partial charge in [0.25, 0.3) is 0 Å². The predicted molar refractivity (Wildman–Crippen MR) is 52.6 cm³/mol. The van der Waals surface area contributed by atoms with E-state index in [-0.39, 0.29) is 0 Å². The lowest BCUT2D eigenvalue weighted by atomic mass is 9.92. The van der Waals surface area contributed by atoms with Crippen molar-refractivity contribution >= 4 is 5.69 Å². The Hall–Kier alpha value is -1.06. The second-order valence-corrected chi connectivity index (χ2v) is 3.73. The first-order chi connectivity index (χ1) is 6.45. The second-order valence-electron chi connectivity index (χ2n) is 3.73. The lowest BCUT2D eigenvalue weighted by Crippen LogP contribution is -2.42. The summed E-state index contributed by atoms with van der Waals surface area (Å²) in [7, 11) is 0. The molecule has 2 heterocycles. The van der Waals surface area contributed by atoms with Crippen LogP contribution < -0.4 is 16.2 Å². The third-order valence-electron chi connectivity index (χ3n) is 2.97. The molecule has 0 radical (unpaired) electrons. The highest BCUT2D eigenvalue weighted by atomic mass is 15.4. The number of hydrazine groups is 1. The molecule has 2 atom stereocenters. The maximum absolute atomic E-state index is 3.40. The van der Waals surface area contributed by atoms with Crippen LogP contribution in [0.2, 0.25) is 0 Å². The summed E-state index contributed by atoms with van der Waals surface area (Å²) in [5, 5.41) is 3.40. The topological polar surface area (TPSA) is 36.1 Å². The molecule has 2 aliphatic heterocycles. The zero-order valence-corrected chi connectivity index (χ0v) is 7.38. The Bertz CT molecular complexity index is 324. The summed E-state index contributed by atoms with van der Waals surface area (Å²) in [6, 6.07) is 9.07. The number of rotatable bonds is 0. The van der Waals surface area contributed by atoms with Crippen LogP contribution in [-0.2, 0) is 0 Å². The van der Waals surface area contributed by atoms with Gasteiger partial charge in [0.05, 0.1) is 5.69 Å². The first-order valence-electron chi connectivity index (χ1n) is 4.76. The molecular formula is C10H13N3. The van der Waals surface area contributed by atoms with Crippen molar-refractivity contribution in [3.8, 4) is 0 Å². The van der Waals surface area contributed by atoms with Gasteiger partial charge in [-0.2, -0.15) is 0 Å². The van der Waals surface area contributed by atoms with E-state index in [1.807, 2.05) is 0 Å². The van der Waals surface area contributed by atoms with Gasteiger partial charge in [-0.3, -0.25) is 0 Å². The molecule has 0 aromatic heterocycles. The molecule has 0 saturated carbocycles. The van der Waals surface area contributed by atoms with Crippen molar-refractivity contribution in [3.63, 3.8) is 0 Å². The van der Waals surface area contributed by atoms with Gasteiger partial charge in [-0.1, -0.05) is 18.2 Å². The minimum Gasteiger partial charge on any atom is -0.321 e. The van der Waals surface area contributed by atoms with Gasteiger partial charge in [0.2, 0.25) is 0 Å². The maximum Gasteiger partial charge on any atom is 0.0523 e. The van der Waals surface area contributed by atoms with Gasteiger partial charge in [0, 0.05) is 25.0 Å². The van der Waals surface area contributed by atoms with E-state index >= 15 is 0 Å². The molecule has 1 saturated heterocycles. The fourth-order valence-corrected chi connectivity index (χ4v) is 2.26. The van der Waals surface area contributed by atoms with E-state index in [2.05, 4.69) is 40.4 Å². The lowest BCUT2D eigenvalue weighted by molar-refractivity contribution is 0.529. The van der Waals surface area contributed by atoms with Crippen LogP contribution in [0.3, 0.4) is 0 Å². The smallest absolute Gasteiger partial charge is 0.0523 e. The van der Waals surface area contributed by atoms with Crippen LogP contribution in [0.4, 0.5) is 5.69 Å². The Labute approximate surface area is 77.5 Å². The second kappa shape index (κ2) is 2.72. The number of hydrogen-bond acceptors (Lipinski definition) is 3. The van der Waals surface area contributed by atoms with E-state index in [0.717, 1.165) is 13.1 Å². The highest BCUT2D eigenvalue weighted by Crippen LogP contribution is 2.31. The Morgan fingerprint density at radius 3 is 3.08 bits per heavy atom. The van der Waals surface area contributed by atoms with Crippen LogP contribution in [-0.4, -0.2) is 19.1 Å². The summed E-state index contributed by atoms with van der Waals surface area (Å²) in [6.07, 6.45) is 0. The van der Waals surface area contributed by atoms with Crippen LogP contribution in [0.1, 0.15) is 11.5 Å². The molecule has 3 heteroatoms. The van der Waals surface area contributed by atoms with E-state index in [4.69, 9.17) is 0 Å². The number of hydrogen-bond donors (Lipinski definition) is 3. The van der Waals surface area contributed by atoms with Gasteiger partial charge in [-0.15, -0.1) is 0 Å². The van der Waals surface area contributed by atoms with Crippen LogP contribution in [0, 0.1) is 0 Å². The zero-order chi connectivity index (χ0) is 8.67. The summed E-state index contributed by atoms with van der Waals surface area (Å²) in [4.78, 5) is 0. The quantitative estimate of drug-likeness (QED) is 0.542. The Kier molecular flexibility index (Phi) is 1.54. The van der Waals surface area contributed by atoms with Crippen molar-refractivity contribution in [2.75, 3.05) is 18.5 Å². The number of anilines is 1. The minimum atomic E-state index is 0.551. The van der Waals surface area contributed by atoms with E-state index < -0.39 is 0 Å². The van der Waals surface area contributed by atoms with Crippen LogP contribution in [0.5, 0.6) is 0 Å². The molecule has 3 nitrogen and oxygen atoms in total. The predicted octanol–water partition coefficient (Wildman–Crippen LogP) is 0.672. The van der Waals surface area contributed by atoms with Gasteiger partial charge in [-0.25, -0.2) is 5.43 Å². The number of fused-ring (bicyclic) bond motifs is 3. The number of benzene rings is 1. The molecule has 3 N–H and O–H groups in total. The van der Waals surface area contributed by atoms with Crippen molar-refractivity contribution in [1.82, 2.24) is 10.7 Å². The summed E-state index contributed by atoms with van der Waals surface area (Å²) in [5.74, 6) is 0.637. The minimum absolute atomic E-state index is 0.551. The Balaban J connectivity index is 2.06. The normalized spacial score (nSPS) is 30.5. The van der Waals surface area contributed by atoms with Gasteiger partial charge < -0.3 is 10.7 Å². The van der Waals surface area contributed by atoms with Gasteiger partial charge in [0.15, 0.2) is 0 Å². The average Bonchev–Trinajstić information content (AvgIpc) is 2.65. The SMILES string of the molecule is c1ccc2c(c1)NNC1CNCC21. The van der Waals surface area contributed by atoms with Gasteiger partial charge in [0.1, 0.15) is 0 Å². The molecule has 1 fully saturated rings. The average molecular weight is 175 g/mol. The van der Waals surface area contributed by atoms with Crippen molar-refractivity contribution in [2.24, 2.45) is 0 Å². The maximum atomic E-state index is 3.40. The highest BCUT2D eigenvalue weighted by Gasteiger charge is 2.32. The van der Waals surface area contributed by atoms with E-state index in [0.29, 0.717) is 12.0 Å². The summed E-state index contributed by atoms with van der Waals surface area (Å²) >= 11 is 0. The zero-order valence-electron chi connectivity index (χ0n) is 7.38. The molecule has 13 heavy (non-hydrogen) atoms. The van der Waals surface area contributed by atoms with Crippen molar-refractivity contribution < 1.29 is 0 Å². The molecule has 2 unspecified atom stereocenters. The van der Waals surface area contributed by atoms with E-state index in [1.54, 1.807) is 0 Å². The van der Waals surface area contributed by atoms with E-state index in [1.165, 1.54) is 11.3 Å². The lowest BCUT2D eigenvalue weighted by Gasteiger charge is -2.29. The first-order valence-corrected chi connectivity index (χ1v) is 4.76. The molecule has 68 valence electrons. The molecule has 0 spiro atoms. The molecule has 1 aromatic carbocycles. The summed E-state index contributed by atoms with van der Waals surface area (Å²) in [5.41, 5.74) is 9.24. The number of nitrogens with one attached hydrogen (secondary N) is 3. The van der Waals surface area contributed by atoms with Crippen molar-refractivity contribution in [3.05, 3.63) is 29.8 Å². The Morgan fingerprint density at radius 1 is 1.15 bits per heavy atom. The monoisotopic (exact) mass is 175 g/mol. The molecule has 0 bridgehead atoms. The largest absolute Gasteiger partial charge is 0.321 e. The molecule has 2 aliphatic rings. The van der Waals surface area contributed by atoms with Gasteiger partial charge >= 0.3 is 0 Å². The Morgan fingerprint density at radius 2 is 2.08 bits per heavy atom. The molecule has 0 aliphatic carbocycles. The van der Waals surface area contributed by atoms with E-state index in [9.17, 15) is 0 Å². The van der Waals surface area contributed by atoms with Crippen molar-refractivity contribution in [1.29, 1.82) is 0 Å². The fourth-order valence-electron chi connectivity index (χ4n) is 2.26. The van der Waals surface area contributed by atoms with Crippen LogP contribution >= 0.6 is 0 Å².